The largest absolute Gasteiger partial charge is 0.327 e. The van der Waals surface area contributed by atoms with Crippen molar-refractivity contribution in [3.05, 3.63) is 65.7 Å². The summed E-state index contributed by atoms with van der Waals surface area (Å²) < 4.78 is 0. The molecule has 1 spiro atoms. The molecule has 2 saturated heterocycles. The number of hydrogen-bond acceptors (Lipinski definition) is 3. The number of anilines is 1. The number of piperidine rings is 1. The van der Waals surface area contributed by atoms with Crippen molar-refractivity contribution in [3.63, 3.8) is 0 Å². The Kier molecular flexibility index (Phi) is 7.09. The summed E-state index contributed by atoms with van der Waals surface area (Å²) in [5.41, 5.74) is 3.29. The van der Waals surface area contributed by atoms with Crippen LogP contribution in [0.5, 0.6) is 0 Å². The summed E-state index contributed by atoms with van der Waals surface area (Å²) in [6, 6.07) is 18.2. The van der Waals surface area contributed by atoms with E-state index in [-0.39, 0.29) is 16.8 Å². The summed E-state index contributed by atoms with van der Waals surface area (Å²) in [5, 5.41) is 3.03. The van der Waals surface area contributed by atoms with Crippen molar-refractivity contribution in [1.29, 1.82) is 0 Å². The molecule has 1 N–H and O–H groups in total. The number of carbonyl (C=O) groups excluding carboxylic acids is 2. The highest BCUT2D eigenvalue weighted by Gasteiger charge is 2.46. The molecule has 2 aromatic carbocycles. The van der Waals surface area contributed by atoms with Gasteiger partial charge in [0.2, 0.25) is 5.91 Å². The van der Waals surface area contributed by atoms with Crippen molar-refractivity contribution in [2.45, 2.75) is 50.3 Å². The van der Waals surface area contributed by atoms with E-state index in [0.717, 1.165) is 37.2 Å². The van der Waals surface area contributed by atoms with Crippen molar-refractivity contribution in [3.8, 4) is 0 Å². The van der Waals surface area contributed by atoms with Crippen LogP contribution in [0, 0.1) is 0 Å². The van der Waals surface area contributed by atoms with Gasteiger partial charge in [-0.05, 0) is 48.4 Å². The lowest BCUT2D eigenvalue weighted by molar-refractivity contribution is -0.134. The van der Waals surface area contributed by atoms with Crippen molar-refractivity contribution in [2.24, 2.45) is 0 Å². The van der Waals surface area contributed by atoms with E-state index in [1.165, 1.54) is 11.1 Å². The van der Waals surface area contributed by atoms with E-state index in [1.807, 2.05) is 47.0 Å². The molecule has 2 fully saturated rings. The van der Waals surface area contributed by atoms with Gasteiger partial charge in [-0.1, -0.05) is 56.3 Å². The molecule has 6 heteroatoms. The SMILES string of the molecule is CC(C)c1ccc(NC(=O)N2CCC3(CC2)SCCN3C(=O)CCc2ccccc2)cc1. The number of amides is 3. The van der Waals surface area contributed by atoms with Crippen LogP contribution in [-0.2, 0) is 11.2 Å². The van der Waals surface area contributed by atoms with Gasteiger partial charge in [0.1, 0.15) is 0 Å². The van der Waals surface area contributed by atoms with Crippen molar-refractivity contribution in [1.82, 2.24) is 9.80 Å². The fourth-order valence-corrected chi connectivity index (χ4v) is 6.09. The first-order chi connectivity index (χ1) is 15.5. The Bertz CT molecular complexity index is 922. The summed E-state index contributed by atoms with van der Waals surface area (Å²) in [6.07, 6.45) is 2.98. The lowest BCUT2D eigenvalue weighted by atomic mass is 10.0. The van der Waals surface area contributed by atoms with E-state index in [4.69, 9.17) is 0 Å². The van der Waals surface area contributed by atoms with Gasteiger partial charge in [-0.2, -0.15) is 0 Å². The van der Waals surface area contributed by atoms with Crippen LogP contribution in [0.4, 0.5) is 10.5 Å². The highest BCUT2D eigenvalue weighted by atomic mass is 32.2. The van der Waals surface area contributed by atoms with Crippen LogP contribution in [-0.4, -0.2) is 52.0 Å². The highest BCUT2D eigenvalue weighted by Crippen LogP contribution is 2.44. The molecule has 32 heavy (non-hydrogen) atoms. The number of aryl methyl sites for hydroxylation is 1. The van der Waals surface area contributed by atoms with Gasteiger partial charge < -0.3 is 15.1 Å². The third-order valence-electron chi connectivity index (χ3n) is 6.61. The lowest BCUT2D eigenvalue weighted by Crippen LogP contribution is -2.54. The van der Waals surface area contributed by atoms with E-state index in [1.54, 1.807) is 0 Å². The topological polar surface area (TPSA) is 52.7 Å². The second kappa shape index (κ2) is 9.99. The van der Waals surface area contributed by atoms with Crippen LogP contribution in [0.1, 0.15) is 50.2 Å². The Balaban J connectivity index is 1.31. The van der Waals surface area contributed by atoms with E-state index < -0.39 is 0 Å². The third-order valence-corrected chi connectivity index (χ3v) is 8.16. The summed E-state index contributed by atoms with van der Waals surface area (Å²) in [5.74, 6) is 1.69. The minimum Gasteiger partial charge on any atom is -0.327 e. The molecule has 0 bridgehead atoms. The molecule has 3 amide bonds. The van der Waals surface area contributed by atoms with Crippen LogP contribution in [0.25, 0.3) is 0 Å². The molecule has 0 radical (unpaired) electrons. The first kappa shape index (κ1) is 22.7. The number of hydrogen-bond donors (Lipinski definition) is 1. The van der Waals surface area contributed by atoms with Gasteiger partial charge in [-0.25, -0.2) is 4.79 Å². The molecule has 0 unspecified atom stereocenters. The number of nitrogens with zero attached hydrogens (tertiary/aromatic N) is 2. The molecule has 2 aromatic rings. The molecule has 5 nitrogen and oxygen atoms in total. The maximum atomic E-state index is 13.0. The molecular weight excluding hydrogens is 418 g/mol. The Hall–Kier alpha value is -2.47. The van der Waals surface area contributed by atoms with Crippen molar-refractivity contribution >= 4 is 29.4 Å². The molecule has 170 valence electrons. The lowest BCUT2D eigenvalue weighted by Gasteiger charge is -2.44. The van der Waals surface area contributed by atoms with E-state index in [2.05, 4.69) is 48.3 Å². The molecule has 2 aliphatic rings. The van der Waals surface area contributed by atoms with Gasteiger partial charge in [0.05, 0.1) is 4.87 Å². The molecule has 0 aliphatic carbocycles. The van der Waals surface area contributed by atoms with E-state index in [9.17, 15) is 9.59 Å². The number of nitrogens with one attached hydrogen (secondary N) is 1. The third kappa shape index (κ3) is 5.12. The van der Waals surface area contributed by atoms with Gasteiger partial charge in [0, 0.05) is 37.5 Å². The predicted octanol–water partition coefficient (Wildman–Crippen LogP) is 5.34. The van der Waals surface area contributed by atoms with Gasteiger partial charge >= 0.3 is 6.03 Å². The predicted molar refractivity (Wildman–Crippen MR) is 132 cm³/mol. The van der Waals surface area contributed by atoms with Gasteiger partial charge in [-0.3, -0.25) is 4.79 Å². The molecule has 0 atom stereocenters. The summed E-state index contributed by atoms with van der Waals surface area (Å²) >= 11 is 1.89. The molecule has 2 aliphatic heterocycles. The van der Waals surface area contributed by atoms with Crippen molar-refractivity contribution < 1.29 is 9.59 Å². The zero-order chi connectivity index (χ0) is 22.6. The van der Waals surface area contributed by atoms with Gasteiger partial charge in [0.15, 0.2) is 0 Å². The first-order valence-electron chi connectivity index (χ1n) is 11.6. The number of likely N-dealkylation sites (tertiary alicyclic amines) is 1. The summed E-state index contributed by atoms with van der Waals surface area (Å²) in [6.45, 7) is 6.48. The standard InChI is InChI=1S/C26H33N3O2S/c1-20(2)22-9-11-23(12-10-22)27-25(31)28-16-14-26(15-17-28)29(18-19-32-26)24(30)13-8-21-6-4-3-5-7-21/h3-7,9-12,20H,8,13-19H2,1-2H3,(H,27,31). The van der Waals surface area contributed by atoms with Crippen molar-refractivity contribution in [2.75, 3.05) is 30.7 Å². The first-order valence-corrected chi connectivity index (χ1v) is 12.6. The van der Waals surface area contributed by atoms with Crippen LogP contribution in [0.3, 0.4) is 0 Å². The second-order valence-electron chi connectivity index (χ2n) is 9.02. The van der Waals surface area contributed by atoms with E-state index in [0.29, 0.717) is 25.4 Å². The molecule has 2 heterocycles. The Morgan fingerprint density at radius 1 is 1.00 bits per heavy atom. The monoisotopic (exact) mass is 451 g/mol. The number of benzene rings is 2. The van der Waals surface area contributed by atoms with Gasteiger partial charge in [-0.15, -0.1) is 11.8 Å². The van der Waals surface area contributed by atoms with Gasteiger partial charge in [0.25, 0.3) is 0 Å². The second-order valence-corrected chi connectivity index (χ2v) is 10.5. The maximum Gasteiger partial charge on any atom is 0.321 e. The number of rotatable bonds is 5. The van der Waals surface area contributed by atoms with Crippen LogP contribution >= 0.6 is 11.8 Å². The minimum atomic E-state index is -0.149. The average Bonchev–Trinajstić information content (AvgIpc) is 3.22. The van der Waals surface area contributed by atoms with E-state index >= 15 is 0 Å². The Morgan fingerprint density at radius 2 is 1.69 bits per heavy atom. The fraction of sp³-hybridized carbons (Fsp3) is 0.462. The molecule has 4 rings (SSSR count). The van der Waals surface area contributed by atoms with Crippen LogP contribution in [0.15, 0.2) is 54.6 Å². The summed E-state index contributed by atoms with van der Waals surface area (Å²) in [4.78, 5) is 29.7. The zero-order valence-electron chi connectivity index (χ0n) is 19.0. The quantitative estimate of drug-likeness (QED) is 0.667. The molecule has 0 saturated carbocycles. The zero-order valence-corrected chi connectivity index (χ0v) is 19.9. The smallest absolute Gasteiger partial charge is 0.321 e. The highest BCUT2D eigenvalue weighted by molar-refractivity contribution is 8.00. The average molecular weight is 452 g/mol. The Labute approximate surface area is 195 Å². The number of thioether (sulfide) groups is 1. The number of urea groups is 1. The van der Waals surface area contributed by atoms with Crippen LogP contribution < -0.4 is 5.32 Å². The summed E-state index contributed by atoms with van der Waals surface area (Å²) in [7, 11) is 0. The fourth-order valence-electron chi connectivity index (χ4n) is 4.62. The minimum absolute atomic E-state index is 0.0536. The van der Waals surface area contributed by atoms with Crippen LogP contribution in [0.2, 0.25) is 0 Å². The molecule has 0 aromatic heterocycles. The molecular formula is C26H33N3O2S. The maximum absolute atomic E-state index is 13.0. The Morgan fingerprint density at radius 3 is 2.34 bits per heavy atom. The normalized spacial score (nSPS) is 17.7. The number of carbonyl (C=O) groups is 2.